The van der Waals surface area contributed by atoms with E-state index in [1.54, 1.807) is 12.1 Å². The Morgan fingerprint density at radius 1 is 0.957 bits per heavy atom. The second-order valence-corrected chi connectivity index (χ2v) is 4.55. The molecule has 0 saturated heterocycles. The minimum Gasteiger partial charge on any atom is -0.480 e. The third-order valence-electron chi connectivity index (χ3n) is 2.82. The first-order valence-corrected chi connectivity index (χ1v) is 6.51. The van der Waals surface area contributed by atoms with Crippen LogP contribution in [0, 0.1) is 0 Å². The van der Waals surface area contributed by atoms with Crippen LogP contribution in [-0.4, -0.2) is 39.6 Å². The van der Waals surface area contributed by atoms with Crippen LogP contribution in [0.25, 0.3) is 0 Å². The van der Waals surface area contributed by atoms with E-state index < -0.39 is 24.4 Å². The van der Waals surface area contributed by atoms with Gasteiger partial charge in [0, 0.05) is 17.4 Å². The second kappa shape index (κ2) is 7.03. The standard InChI is InChI=1S/C15H13N3O5/c19-13(20)8-17-14(21)9-1-3-11(4-2-9)18-12-5-10(15(22)23)6-16-7-12/h1-7,18H,8H2,(H,17,21)(H,19,20)(H,22,23). The van der Waals surface area contributed by atoms with Crippen LogP contribution in [0.1, 0.15) is 20.7 Å². The largest absolute Gasteiger partial charge is 0.480 e. The monoisotopic (exact) mass is 315 g/mol. The molecule has 4 N–H and O–H groups in total. The number of aliphatic carboxylic acids is 1. The lowest BCUT2D eigenvalue weighted by Gasteiger charge is -2.08. The van der Waals surface area contributed by atoms with Crippen molar-refractivity contribution in [1.29, 1.82) is 0 Å². The average molecular weight is 315 g/mol. The first-order valence-electron chi connectivity index (χ1n) is 6.51. The highest BCUT2D eigenvalue weighted by atomic mass is 16.4. The summed E-state index contributed by atoms with van der Waals surface area (Å²) >= 11 is 0. The summed E-state index contributed by atoms with van der Waals surface area (Å²) < 4.78 is 0. The normalized spacial score (nSPS) is 9.91. The number of pyridine rings is 1. The summed E-state index contributed by atoms with van der Waals surface area (Å²) in [4.78, 5) is 36.8. The topological polar surface area (TPSA) is 129 Å². The van der Waals surface area contributed by atoms with Crippen LogP contribution < -0.4 is 10.6 Å². The molecule has 2 aromatic rings. The van der Waals surface area contributed by atoms with Crippen molar-refractivity contribution >= 4 is 29.2 Å². The van der Waals surface area contributed by atoms with Gasteiger partial charge in [0.25, 0.3) is 5.91 Å². The highest BCUT2D eigenvalue weighted by Crippen LogP contribution is 2.17. The van der Waals surface area contributed by atoms with E-state index in [9.17, 15) is 14.4 Å². The number of aromatic nitrogens is 1. The number of anilines is 2. The maximum absolute atomic E-state index is 11.7. The molecule has 0 saturated carbocycles. The van der Waals surface area contributed by atoms with Gasteiger partial charge >= 0.3 is 11.9 Å². The summed E-state index contributed by atoms with van der Waals surface area (Å²) in [6, 6.07) is 7.71. The summed E-state index contributed by atoms with van der Waals surface area (Å²) in [7, 11) is 0. The lowest BCUT2D eigenvalue weighted by Crippen LogP contribution is -2.29. The molecule has 1 amide bonds. The van der Waals surface area contributed by atoms with Gasteiger partial charge in [-0.05, 0) is 30.3 Å². The van der Waals surface area contributed by atoms with Crippen LogP contribution >= 0.6 is 0 Å². The van der Waals surface area contributed by atoms with Crippen molar-refractivity contribution in [2.24, 2.45) is 0 Å². The lowest BCUT2D eigenvalue weighted by atomic mass is 10.2. The molecule has 0 spiro atoms. The quantitative estimate of drug-likeness (QED) is 0.633. The molecule has 0 radical (unpaired) electrons. The Hall–Kier alpha value is -3.42. The van der Waals surface area contributed by atoms with E-state index in [4.69, 9.17) is 10.2 Å². The molecule has 0 aliphatic heterocycles. The average Bonchev–Trinajstić information content (AvgIpc) is 2.53. The molecular formula is C15H13N3O5. The summed E-state index contributed by atoms with van der Waals surface area (Å²) in [5, 5.41) is 22.6. The van der Waals surface area contributed by atoms with E-state index in [-0.39, 0.29) is 5.56 Å². The van der Waals surface area contributed by atoms with E-state index in [0.717, 1.165) is 0 Å². The molecule has 23 heavy (non-hydrogen) atoms. The van der Waals surface area contributed by atoms with Gasteiger partial charge in [0.2, 0.25) is 0 Å². The predicted molar refractivity (Wildman–Crippen MR) is 80.9 cm³/mol. The van der Waals surface area contributed by atoms with Crippen molar-refractivity contribution in [3.05, 3.63) is 53.9 Å². The lowest BCUT2D eigenvalue weighted by molar-refractivity contribution is -0.135. The molecule has 0 bridgehead atoms. The van der Waals surface area contributed by atoms with Crippen molar-refractivity contribution in [1.82, 2.24) is 10.3 Å². The Morgan fingerprint density at radius 3 is 2.26 bits per heavy atom. The summed E-state index contributed by atoms with van der Waals surface area (Å²) in [5.74, 6) is -2.69. The van der Waals surface area contributed by atoms with E-state index in [2.05, 4.69) is 15.6 Å². The Bertz CT molecular complexity index is 743. The van der Waals surface area contributed by atoms with Crippen LogP contribution in [0.5, 0.6) is 0 Å². The highest BCUT2D eigenvalue weighted by molar-refractivity contribution is 5.96. The van der Waals surface area contributed by atoms with Crippen LogP contribution in [-0.2, 0) is 4.79 Å². The second-order valence-electron chi connectivity index (χ2n) is 4.55. The molecule has 1 aromatic heterocycles. The van der Waals surface area contributed by atoms with E-state index in [1.165, 1.54) is 30.6 Å². The molecule has 8 nitrogen and oxygen atoms in total. The maximum atomic E-state index is 11.7. The molecule has 1 heterocycles. The highest BCUT2D eigenvalue weighted by Gasteiger charge is 2.08. The zero-order valence-corrected chi connectivity index (χ0v) is 11.8. The number of carbonyl (C=O) groups excluding carboxylic acids is 1. The fraction of sp³-hybridized carbons (Fsp3) is 0.0667. The van der Waals surface area contributed by atoms with E-state index in [1.807, 2.05) is 0 Å². The SMILES string of the molecule is O=C(O)CNC(=O)c1ccc(Nc2cncc(C(=O)O)c2)cc1. The number of benzene rings is 1. The molecular weight excluding hydrogens is 302 g/mol. The Labute approximate surface area is 130 Å². The number of hydrogen-bond donors (Lipinski definition) is 4. The van der Waals surface area contributed by atoms with Gasteiger partial charge in [0.1, 0.15) is 6.54 Å². The number of rotatable bonds is 6. The molecule has 118 valence electrons. The molecule has 0 aliphatic carbocycles. The number of carboxylic acids is 2. The predicted octanol–water partition coefficient (Wildman–Crippen LogP) is 1.34. The van der Waals surface area contributed by atoms with Crippen LogP contribution in [0.2, 0.25) is 0 Å². The molecule has 1 aromatic carbocycles. The fourth-order valence-electron chi connectivity index (χ4n) is 1.75. The fourth-order valence-corrected chi connectivity index (χ4v) is 1.75. The molecule has 0 atom stereocenters. The minimum atomic E-state index is -1.12. The number of amides is 1. The van der Waals surface area contributed by atoms with Crippen molar-refractivity contribution in [3.8, 4) is 0 Å². The summed E-state index contributed by atoms with van der Waals surface area (Å²) in [5.41, 5.74) is 1.49. The molecule has 2 rings (SSSR count). The molecule has 0 unspecified atom stereocenters. The first-order chi connectivity index (χ1) is 11.0. The van der Waals surface area contributed by atoms with Gasteiger partial charge in [-0.25, -0.2) is 4.79 Å². The maximum Gasteiger partial charge on any atom is 0.337 e. The van der Waals surface area contributed by atoms with Gasteiger partial charge in [-0.1, -0.05) is 0 Å². The van der Waals surface area contributed by atoms with Gasteiger partial charge in [-0.2, -0.15) is 0 Å². The van der Waals surface area contributed by atoms with Gasteiger partial charge in [-0.15, -0.1) is 0 Å². The minimum absolute atomic E-state index is 0.0552. The van der Waals surface area contributed by atoms with Gasteiger partial charge in [0.15, 0.2) is 0 Å². The number of carboxylic acid groups (broad SMARTS) is 2. The van der Waals surface area contributed by atoms with Crippen molar-refractivity contribution in [2.75, 3.05) is 11.9 Å². The number of aromatic carboxylic acids is 1. The van der Waals surface area contributed by atoms with Gasteiger partial charge in [-0.3, -0.25) is 14.6 Å². The Balaban J connectivity index is 2.05. The number of nitrogens with one attached hydrogen (secondary N) is 2. The third kappa shape index (κ3) is 4.53. The number of carbonyl (C=O) groups is 3. The number of hydrogen-bond acceptors (Lipinski definition) is 5. The zero-order valence-electron chi connectivity index (χ0n) is 11.8. The Morgan fingerprint density at radius 2 is 1.65 bits per heavy atom. The van der Waals surface area contributed by atoms with Gasteiger partial charge < -0.3 is 20.8 Å². The van der Waals surface area contributed by atoms with Crippen molar-refractivity contribution in [3.63, 3.8) is 0 Å². The third-order valence-corrected chi connectivity index (χ3v) is 2.82. The summed E-state index contributed by atoms with van der Waals surface area (Å²) in [6.07, 6.45) is 2.71. The smallest absolute Gasteiger partial charge is 0.337 e. The molecule has 8 heteroatoms. The Kier molecular flexibility index (Phi) is 4.88. The van der Waals surface area contributed by atoms with Crippen molar-refractivity contribution in [2.45, 2.75) is 0 Å². The van der Waals surface area contributed by atoms with Crippen molar-refractivity contribution < 1.29 is 24.6 Å². The van der Waals surface area contributed by atoms with Crippen LogP contribution in [0.3, 0.4) is 0 Å². The number of nitrogens with zero attached hydrogens (tertiary/aromatic N) is 1. The van der Waals surface area contributed by atoms with Crippen LogP contribution in [0.4, 0.5) is 11.4 Å². The van der Waals surface area contributed by atoms with Crippen LogP contribution in [0.15, 0.2) is 42.7 Å². The van der Waals surface area contributed by atoms with Gasteiger partial charge in [0.05, 0.1) is 17.4 Å². The molecule has 0 fully saturated rings. The summed E-state index contributed by atoms with van der Waals surface area (Å²) in [6.45, 7) is -0.452. The first kappa shape index (κ1) is 16.0. The van der Waals surface area contributed by atoms with E-state index in [0.29, 0.717) is 16.9 Å². The van der Waals surface area contributed by atoms with E-state index >= 15 is 0 Å². The molecule has 0 aliphatic rings. The zero-order chi connectivity index (χ0) is 16.8.